The molecule has 0 heterocycles. The zero-order valence-corrected chi connectivity index (χ0v) is 7.33. The Morgan fingerprint density at radius 2 is 2.18 bits per heavy atom. The molecule has 0 aliphatic rings. The fourth-order valence-electron chi connectivity index (χ4n) is 0.629. The van der Waals surface area contributed by atoms with E-state index < -0.39 is 12.4 Å². The lowest BCUT2D eigenvalue weighted by molar-refractivity contribution is -0.169. The lowest BCUT2D eigenvalue weighted by Gasteiger charge is -2.18. The number of methoxy groups -OCH3 is 1. The van der Waals surface area contributed by atoms with Gasteiger partial charge in [-0.15, -0.1) is 0 Å². The Morgan fingerprint density at radius 1 is 1.64 bits per heavy atom. The molecule has 2 atom stereocenters. The minimum atomic E-state index is -0.612. The fraction of sp³-hybridized carbons (Fsp3) is 0.750. The van der Waals surface area contributed by atoms with Crippen LogP contribution in [0, 0.1) is 0 Å². The van der Waals surface area contributed by atoms with E-state index in [1.54, 1.807) is 6.92 Å². The van der Waals surface area contributed by atoms with Gasteiger partial charge in [0.25, 0.3) is 0 Å². The highest BCUT2D eigenvalue weighted by Gasteiger charge is 2.13. The van der Waals surface area contributed by atoms with Crippen molar-refractivity contribution in [3.63, 3.8) is 0 Å². The summed E-state index contributed by atoms with van der Waals surface area (Å²) in [6.45, 7) is 7.55. The number of hydrogen-bond donors (Lipinski definition) is 1. The minimum Gasteiger partial charge on any atom is -0.388 e. The van der Waals surface area contributed by atoms with Gasteiger partial charge in [-0.1, -0.05) is 12.2 Å². The molecule has 0 aromatic carbocycles. The monoisotopic (exact) mass is 160 g/mol. The Morgan fingerprint density at radius 3 is 2.45 bits per heavy atom. The first-order chi connectivity index (χ1) is 5.07. The molecule has 0 aliphatic heterocycles. The van der Waals surface area contributed by atoms with Gasteiger partial charge < -0.3 is 14.6 Å². The van der Waals surface area contributed by atoms with Crippen molar-refractivity contribution in [2.24, 2.45) is 0 Å². The Balaban J connectivity index is 3.61. The number of aliphatic hydroxyl groups excluding tert-OH is 1. The molecule has 0 bridgehead atoms. The second-order valence-corrected chi connectivity index (χ2v) is 2.61. The Kier molecular flexibility index (Phi) is 5.11. The molecule has 0 saturated heterocycles. The molecular weight excluding hydrogens is 144 g/mol. The predicted molar refractivity (Wildman–Crippen MR) is 43.2 cm³/mol. The molecule has 0 aromatic heterocycles. The number of ether oxygens (including phenoxy) is 2. The first kappa shape index (κ1) is 10.6. The summed E-state index contributed by atoms with van der Waals surface area (Å²) in [5.74, 6) is 0. The van der Waals surface area contributed by atoms with Crippen molar-refractivity contribution in [3.05, 3.63) is 12.2 Å². The third kappa shape index (κ3) is 4.95. The topological polar surface area (TPSA) is 38.7 Å². The van der Waals surface area contributed by atoms with E-state index in [9.17, 15) is 0 Å². The van der Waals surface area contributed by atoms with Crippen molar-refractivity contribution in [2.75, 3.05) is 13.7 Å². The molecular formula is C8H16O3. The van der Waals surface area contributed by atoms with E-state index in [1.165, 1.54) is 7.11 Å². The molecule has 66 valence electrons. The molecule has 0 radical (unpaired) electrons. The summed E-state index contributed by atoms with van der Waals surface area (Å²) in [5.41, 5.74) is 0.910. The standard InChI is InChI=1S/C8H16O3/c1-6(2)5-11-8(10-4)7(3)9/h7-9H,1,5H2,2-4H3. The van der Waals surface area contributed by atoms with E-state index in [-0.39, 0.29) is 0 Å². The average molecular weight is 160 g/mol. The summed E-state index contributed by atoms with van der Waals surface area (Å²) in [7, 11) is 1.50. The summed E-state index contributed by atoms with van der Waals surface area (Å²) < 4.78 is 9.99. The average Bonchev–Trinajstić information content (AvgIpc) is 1.87. The van der Waals surface area contributed by atoms with Crippen molar-refractivity contribution in [1.29, 1.82) is 0 Å². The summed E-state index contributed by atoms with van der Waals surface area (Å²) in [5, 5.41) is 9.05. The second kappa shape index (κ2) is 5.29. The van der Waals surface area contributed by atoms with Crippen LogP contribution < -0.4 is 0 Å². The zero-order chi connectivity index (χ0) is 8.85. The Labute approximate surface area is 67.6 Å². The number of hydrogen-bond acceptors (Lipinski definition) is 3. The molecule has 3 nitrogen and oxygen atoms in total. The third-order valence-electron chi connectivity index (χ3n) is 1.12. The molecule has 0 fully saturated rings. The van der Waals surface area contributed by atoms with Crippen LogP contribution in [0.3, 0.4) is 0 Å². The van der Waals surface area contributed by atoms with Gasteiger partial charge in [-0.2, -0.15) is 0 Å². The fourth-order valence-corrected chi connectivity index (χ4v) is 0.629. The Bertz CT molecular complexity index is 121. The van der Waals surface area contributed by atoms with E-state index in [4.69, 9.17) is 14.6 Å². The normalized spacial score (nSPS) is 16.0. The van der Waals surface area contributed by atoms with Crippen LogP contribution in [0.1, 0.15) is 13.8 Å². The molecule has 0 spiro atoms. The van der Waals surface area contributed by atoms with Crippen molar-refractivity contribution < 1.29 is 14.6 Å². The van der Waals surface area contributed by atoms with E-state index >= 15 is 0 Å². The van der Waals surface area contributed by atoms with E-state index in [0.29, 0.717) is 6.61 Å². The molecule has 1 N–H and O–H groups in total. The summed E-state index contributed by atoms with van der Waals surface area (Å²) in [6, 6.07) is 0. The second-order valence-electron chi connectivity index (χ2n) is 2.61. The van der Waals surface area contributed by atoms with Crippen LogP contribution in [-0.4, -0.2) is 31.2 Å². The SMILES string of the molecule is C=C(C)COC(OC)C(C)O. The van der Waals surface area contributed by atoms with Crippen LogP contribution in [0.5, 0.6) is 0 Å². The van der Waals surface area contributed by atoms with E-state index in [1.807, 2.05) is 6.92 Å². The van der Waals surface area contributed by atoms with Gasteiger partial charge in [0, 0.05) is 7.11 Å². The van der Waals surface area contributed by atoms with Gasteiger partial charge in [0.2, 0.25) is 0 Å². The molecule has 0 rings (SSSR count). The van der Waals surface area contributed by atoms with Gasteiger partial charge in [-0.25, -0.2) is 0 Å². The predicted octanol–water partition coefficient (Wildman–Crippen LogP) is 0.932. The maximum atomic E-state index is 9.05. The van der Waals surface area contributed by atoms with Crippen LogP contribution in [0.4, 0.5) is 0 Å². The molecule has 0 aliphatic carbocycles. The van der Waals surface area contributed by atoms with Gasteiger partial charge in [0.1, 0.15) is 6.10 Å². The van der Waals surface area contributed by atoms with Crippen molar-refractivity contribution in [2.45, 2.75) is 26.2 Å². The highest BCUT2D eigenvalue weighted by molar-refractivity contribution is 4.87. The lowest BCUT2D eigenvalue weighted by Crippen LogP contribution is -2.28. The molecule has 0 saturated carbocycles. The highest BCUT2D eigenvalue weighted by Crippen LogP contribution is 2.01. The summed E-state index contributed by atoms with van der Waals surface area (Å²) in [4.78, 5) is 0. The van der Waals surface area contributed by atoms with Gasteiger partial charge in [0.15, 0.2) is 6.29 Å². The highest BCUT2D eigenvalue weighted by atomic mass is 16.7. The smallest absolute Gasteiger partial charge is 0.183 e. The van der Waals surface area contributed by atoms with Crippen LogP contribution in [0.2, 0.25) is 0 Å². The first-order valence-corrected chi connectivity index (χ1v) is 3.54. The van der Waals surface area contributed by atoms with Crippen molar-refractivity contribution in [1.82, 2.24) is 0 Å². The first-order valence-electron chi connectivity index (χ1n) is 3.54. The van der Waals surface area contributed by atoms with Gasteiger partial charge in [-0.3, -0.25) is 0 Å². The van der Waals surface area contributed by atoms with Crippen LogP contribution >= 0.6 is 0 Å². The van der Waals surface area contributed by atoms with Gasteiger partial charge >= 0.3 is 0 Å². The summed E-state index contributed by atoms with van der Waals surface area (Å²) in [6.07, 6.45) is -1.16. The largest absolute Gasteiger partial charge is 0.388 e. The maximum absolute atomic E-state index is 9.05. The number of aliphatic hydroxyl groups is 1. The lowest BCUT2D eigenvalue weighted by atomic mass is 10.3. The molecule has 2 unspecified atom stereocenters. The zero-order valence-electron chi connectivity index (χ0n) is 7.33. The van der Waals surface area contributed by atoms with Gasteiger partial charge in [0.05, 0.1) is 6.61 Å². The van der Waals surface area contributed by atoms with Gasteiger partial charge in [-0.05, 0) is 13.8 Å². The van der Waals surface area contributed by atoms with Crippen LogP contribution in [0.15, 0.2) is 12.2 Å². The molecule has 11 heavy (non-hydrogen) atoms. The Hall–Kier alpha value is -0.380. The third-order valence-corrected chi connectivity index (χ3v) is 1.12. The number of rotatable bonds is 5. The molecule has 0 amide bonds. The van der Waals surface area contributed by atoms with E-state index in [0.717, 1.165) is 5.57 Å². The van der Waals surface area contributed by atoms with Crippen molar-refractivity contribution >= 4 is 0 Å². The molecule has 0 aromatic rings. The van der Waals surface area contributed by atoms with Crippen LogP contribution in [0.25, 0.3) is 0 Å². The van der Waals surface area contributed by atoms with Crippen molar-refractivity contribution in [3.8, 4) is 0 Å². The van der Waals surface area contributed by atoms with Crippen LogP contribution in [-0.2, 0) is 9.47 Å². The summed E-state index contributed by atoms with van der Waals surface area (Å²) >= 11 is 0. The maximum Gasteiger partial charge on any atom is 0.183 e. The quantitative estimate of drug-likeness (QED) is 0.480. The molecule has 3 heteroatoms. The van der Waals surface area contributed by atoms with E-state index in [2.05, 4.69) is 6.58 Å². The minimum absolute atomic E-state index is 0.420.